The van der Waals surface area contributed by atoms with Crippen LogP contribution in [-0.2, 0) is 10.2 Å². The number of benzene rings is 2. The van der Waals surface area contributed by atoms with E-state index < -0.39 is 5.91 Å². The van der Waals surface area contributed by atoms with Gasteiger partial charge in [0.2, 0.25) is 5.75 Å². The van der Waals surface area contributed by atoms with Crippen molar-refractivity contribution in [3.8, 4) is 28.7 Å². The van der Waals surface area contributed by atoms with Gasteiger partial charge in [0.05, 0.1) is 20.3 Å². The number of fused-ring (bicyclic) bond motifs is 3. The third kappa shape index (κ3) is 4.06. The summed E-state index contributed by atoms with van der Waals surface area (Å²) in [5.41, 5.74) is 7.89. The summed E-state index contributed by atoms with van der Waals surface area (Å²) in [7, 11) is 2.94. The maximum Gasteiger partial charge on any atom is 0.255 e. The van der Waals surface area contributed by atoms with Gasteiger partial charge < -0.3 is 34.3 Å². The molecule has 5 rings (SSSR count). The van der Waals surface area contributed by atoms with Gasteiger partial charge in [0.15, 0.2) is 29.6 Å². The molecular formula is C27H32N2O7. The molecule has 2 aliphatic heterocycles. The molecule has 9 nitrogen and oxygen atoms in total. The minimum Gasteiger partial charge on any atom is -0.493 e. The molecule has 2 aromatic carbocycles. The number of carbonyl (C=O) groups excluding carboxylic acids is 2. The summed E-state index contributed by atoms with van der Waals surface area (Å²) >= 11 is 0. The van der Waals surface area contributed by atoms with Gasteiger partial charge in [-0.1, -0.05) is 12.8 Å². The average Bonchev–Trinajstić information content (AvgIpc) is 3.37. The molecule has 192 valence electrons. The van der Waals surface area contributed by atoms with Crippen LogP contribution in [0.4, 0.5) is 0 Å². The van der Waals surface area contributed by atoms with Crippen molar-refractivity contribution in [3.63, 3.8) is 0 Å². The Kier molecular flexibility index (Phi) is 6.32. The Morgan fingerprint density at radius 2 is 1.64 bits per heavy atom. The van der Waals surface area contributed by atoms with Gasteiger partial charge in [-0.15, -0.1) is 0 Å². The molecule has 2 amide bonds. The summed E-state index contributed by atoms with van der Waals surface area (Å²) < 4.78 is 28.2. The molecule has 0 unspecified atom stereocenters. The van der Waals surface area contributed by atoms with Crippen molar-refractivity contribution in [3.05, 3.63) is 41.0 Å². The lowest BCUT2D eigenvalue weighted by Gasteiger charge is -2.46. The van der Waals surface area contributed by atoms with Crippen LogP contribution in [0.15, 0.2) is 24.3 Å². The Balaban J connectivity index is 1.54. The first-order valence-corrected chi connectivity index (χ1v) is 12.3. The summed E-state index contributed by atoms with van der Waals surface area (Å²) in [6.07, 6.45) is 4.28. The zero-order valence-electron chi connectivity index (χ0n) is 20.9. The molecule has 0 aromatic heterocycles. The van der Waals surface area contributed by atoms with Gasteiger partial charge in [-0.05, 0) is 55.2 Å². The zero-order valence-corrected chi connectivity index (χ0v) is 20.9. The molecule has 2 aromatic rings. The Bertz CT molecular complexity index is 1160. The third-order valence-electron chi connectivity index (χ3n) is 7.56. The Morgan fingerprint density at radius 1 is 1.03 bits per heavy atom. The number of ether oxygens (including phenoxy) is 5. The fourth-order valence-electron chi connectivity index (χ4n) is 5.81. The molecule has 0 saturated heterocycles. The minimum absolute atomic E-state index is 0.119. The molecule has 1 spiro atoms. The van der Waals surface area contributed by atoms with Crippen LogP contribution in [0, 0.1) is 0 Å². The van der Waals surface area contributed by atoms with E-state index in [9.17, 15) is 9.59 Å². The highest BCUT2D eigenvalue weighted by molar-refractivity contribution is 5.96. The van der Waals surface area contributed by atoms with Gasteiger partial charge in [0.25, 0.3) is 11.8 Å². The molecule has 3 aliphatic rings. The van der Waals surface area contributed by atoms with E-state index in [1.165, 1.54) is 19.8 Å². The summed E-state index contributed by atoms with van der Waals surface area (Å²) in [5.74, 6) is 1.57. The van der Waals surface area contributed by atoms with E-state index in [-0.39, 0.29) is 29.7 Å². The normalized spacial score (nSPS) is 19.5. The second kappa shape index (κ2) is 9.44. The van der Waals surface area contributed by atoms with Crippen molar-refractivity contribution in [1.29, 1.82) is 0 Å². The molecule has 2 heterocycles. The summed E-state index contributed by atoms with van der Waals surface area (Å²) in [4.78, 5) is 27.2. The molecule has 1 atom stereocenters. The van der Waals surface area contributed by atoms with E-state index in [1.807, 2.05) is 11.8 Å². The van der Waals surface area contributed by atoms with Gasteiger partial charge >= 0.3 is 0 Å². The molecule has 1 fully saturated rings. The monoisotopic (exact) mass is 496 g/mol. The molecule has 0 radical (unpaired) electrons. The van der Waals surface area contributed by atoms with E-state index in [0.717, 1.165) is 42.7 Å². The maximum absolute atomic E-state index is 14.0. The van der Waals surface area contributed by atoms with Gasteiger partial charge in [-0.2, -0.15) is 0 Å². The van der Waals surface area contributed by atoms with Crippen LogP contribution in [0.3, 0.4) is 0 Å². The maximum atomic E-state index is 14.0. The van der Waals surface area contributed by atoms with Crippen LogP contribution >= 0.6 is 0 Å². The molecular weight excluding hydrogens is 464 g/mol. The number of hydrogen-bond donors (Lipinski definition) is 1. The third-order valence-corrected chi connectivity index (χ3v) is 7.56. The van der Waals surface area contributed by atoms with Crippen molar-refractivity contribution in [2.24, 2.45) is 5.73 Å². The molecule has 1 aliphatic carbocycles. The van der Waals surface area contributed by atoms with Crippen LogP contribution in [0.1, 0.15) is 60.1 Å². The van der Waals surface area contributed by atoms with E-state index in [2.05, 4.69) is 12.1 Å². The number of nitrogens with two attached hydrogens (primary N) is 1. The van der Waals surface area contributed by atoms with E-state index in [4.69, 9.17) is 29.4 Å². The van der Waals surface area contributed by atoms with Crippen LogP contribution < -0.4 is 29.4 Å². The molecule has 2 N–H and O–H groups in total. The predicted molar refractivity (Wildman–Crippen MR) is 131 cm³/mol. The second-order valence-electron chi connectivity index (χ2n) is 9.64. The van der Waals surface area contributed by atoms with Gasteiger partial charge in [0, 0.05) is 17.5 Å². The number of rotatable bonds is 6. The SMILES string of the molecule is COc1cc(C(=O)N2CC3(CCCC3)c3cc4c(cc3[C@@H]2C)OCCO4)cc(OC)c1OCC(N)=O. The largest absolute Gasteiger partial charge is 0.493 e. The molecule has 0 bridgehead atoms. The quantitative estimate of drug-likeness (QED) is 0.653. The zero-order chi connectivity index (χ0) is 25.4. The molecule has 36 heavy (non-hydrogen) atoms. The Morgan fingerprint density at radius 3 is 2.22 bits per heavy atom. The van der Waals surface area contributed by atoms with Crippen molar-refractivity contribution >= 4 is 11.8 Å². The van der Waals surface area contributed by atoms with Crippen LogP contribution in [0.2, 0.25) is 0 Å². The fraction of sp³-hybridized carbons (Fsp3) is 0.481. The topological polar surface area (TPSA) is 110 Å². The number of methoxy groups -OCH3 is 2. The summed E-state index contributed by atoms with van der Waals surface area (Å²) in [6, 6.07) is 7.26. The molecule has 9 heteroatoms. The number of nitrogens with zero attached hydrogens (tertiary/aromatic N) is 1. The van der Waals surface area contributed by atoms with Gasteiger partial charge in [-0.25, -0.2) is 0 Å². The highest BCUT2D eigenvalue weighted by Crippen LogP contribution is 2.52. The number of amides is 2. The van der Waals surface area contributed by atoms with Crippen molar-refractivity contribution in [2.75, 3.05) is 40.6 Å². The van der Waals surface area contributed by atoms with Gasteiger partial charge in [-0.3, -0.25) is 9.59 Å². The Labute approximate surface area is 210 Å². The van der Waals surface area contributed by atoms with E-state index in [0.29, 0.717) is 36.8 Å². The highest BCUT2D eigenvalue weighted by Gasteiger charge is 2.46. The van der Waals surface area contributed by atoms with E-state index >= 15 is 0 Å². The highest BCUT2D eigenvalue weighted by atomic mass is 16.6. The fourth-order valence-corrected chi connectivity index (χ4v) is 5.81. The Hall–Kier alpha value is -3.62. The lowest BCUT2D eigenvalue weighted by Crippen LogP contribution is -2.48. The number of hydrogen-bond acceptors (Lipinski definition) is 7. The minimum atomic E-state index is -0.626. The van der Waals surface area contributed by atoms with Crippen molar-refractivity contribution in [1.82, 2.24) is 4.90 Å². The van der Waals surface area contributed by atoms with E-state index in [1.54, 1.807) is 12.1 Å². The lowest BCUT2D eigenvalue weighted by molar-refractivity contribution is -0.120. The first-order valence-electron chi connectivity index (χ1n) is 12.3. The first-order chi connectivity index (χ1) is 17.4. The molecule has 1 saturated carbocycles. The van der Waals surface area contributed by atoms with Crippen LogP contribution in [0.25, 0.3) is 0 Å². The van der Waals surface area contributed by atoms with Gasteiger partial charge in [0.1, 0.15) is 13.2 Å². The summed E-state index contributed by atoms with van der Waals surface area (Å²) in [6.45, 7) is 3.38. The second-order valence-corrected chi connectivity index (χ2v) is 9.64. The van der Waals surface area contributed by atoms with Crippen molar-refractivity contribution < 1.29 is 33.3 Å². The smallest absolute Gasteiger partial charge is 0.255 e. The predicted octanol–water partition coefficient (Wildman–Crippen LogP) is 3.37. The number of primary amides is 1. The van der Waals surface area contributed by atoms with Crippen LogP contribution in [0.5, 0.6) is 28.7 Å². The first kappa shape index (κ1) is 24.1. The lowest BCUT2D eigenvalue weighted by atomic mass is 9.71. The number of carbonyl (C=O) groups is 2. The van der Waals surface area contributed by atoms with Crippen molar-refractivity contribution in [2.45, 2.75) is 44.1 Å². The average molecular weight is 497 g/mol. The van der Waals surface area contributed by atoms with Crippen LogP contribution in [-0.4, -0.2) is 57.3 Å². The standard InChI is InChI=1S/C27H32N2O7/c1-16-18-12-20-21(35-9-8-34-20)13-19(18)27(6-4-5-7-27)15-29(16)26(31)17-10-22(32-2)25(23(11-17)33-3)36-14-24(28)30/h10-13,16H,4-9,14-15H2,1-3H3,(H2,28,30)/t16-/m0/s1. The summed E-state index contributed by atoms with van der Waals surface area (Å²) in [5, 5.41) is 0.